The van der Waals surface area contributed by atoms with E-state index >= 15 is 0 Å². The normalized spacial score (nSPS) is 15.2. The Bertz CT molecular complexity index is 1150. The van der Waals surface area contributed by atoms with E-state index in [-0.39, 0.29) is 0 Å². The first-order valence-electron chi connectivity index (χ1n) is 11.1. The van der Waals surface area contributed by atoms with Crippen LogP contribution in [0, 0.1) is 0 Å². The number of H-pyrrole nitrogens is 1. The number of aromatic nitrogens is 4. The molecular formula is C26H27N5O. The molecule has 0 aliphatic carbocycles. The first kappa shape index (κ1) is 20.5. The number of ether oxygens (including phenoxy) is 1. The topological polar surface area (TPSA) is 66.9 Å². The number of benzene rings is 1. The predicted molar refractivity (Wildman–Crippen MR) is 126 cm³/mol. The Morgan fingerprint density at radius 3 is 2.50 bits per heavy atom. The molecule has 0 radical (unpaired) electrons. The van der Waals surface area contributed by atoms with Crippen LogP contribution >= 0.6 is 0 Å². The summed E-state index contributed by atoms with van der Waals surface area (Å²) in [5.41, 5.74) is 7.15. The number of nitrogens with zero attached hydrogens (tertiary/aromatic N) is 4. The van der Waals surface area contributed by atoms with E-state index < -0.39 is 0 Å². The molecule has 5 rings (SSSR count). The molecule has 0 saturated carbocycles. The minimum atomic E-state index is 0.417. The van der Waals surface area contributed by atoms with E-state index in [4.69, 9.17) is 4.74 Å². The monoisotopic (exact) mass is 425 g/mol. The van der Waals surface area contributed by atoms with Gasteiger partial charge in [0.25, 0.3) is 0 Å². The van der Waals surface area contributed by atoms with Crippen molar-refractivity contribution in [3.05, 3.63) is 78.8 Å². The molecule has 162 valence electrons. The molecular weight excluding hydrogens is 398 g/mol. The van der Waals surface area contributed by atoms with Gasteiger partial charge in [0.15, 0.2) is 0 Å². The van der Waals surface area contributed by atoms with Crippen molar-refractivity contribution in [2.45, 2.75) is 25.5 Å². The number of hydrogen-bond donors (Lipinski definition) is 1. The van der Waals surface area contributed by atoms with Gasteiger partial charge < -0.3 is 4.74 Å². The number of methoxy groups -OCH3 is 1. The highest BCUT2D eigenvalue weighted by Gasteiger charge is 2.18. The maximum atomic E-state index is 5.48. The number of rotatable bonds is 6. The summed E-state index contributed by atoms with van der Waals surface area (Å²) >= 11 is 0. The number of pyridine rings is 2. The van der Waals surface area contributed by atoms with Gasteiger partial charge in [-0.3, -0.25) is 20.0 Å². The van der Waals surface area contributed by atoms with Crippen molar-refractivity contribution < 1.29 is 4.74 Å². The van der Waals surface area contributed by atoms with Gasteiger partial charge in [-0.15, -0.1) is 0 Å². The Hall–Kier alpha value is -3.35. The van der Waals surface area contributed by atoms with Crippen LogP contribution in [0.25, 0.3) is 33.8 Å². The van der Waals surface area contributed by atoms with Gasteiger partial charge in [-0.1, -0.05) is 30.3 Å². The summed E-state index contributed by atoms with van der Waals surface area (Å²) in [6.45, 7) is 3.16. The van der Waals surface area contributed by atoms with E-state index in [0.717, 1.165) is 66.2 Å². The van der Waals surface area contributed by atoms with Crippen LogP contribution < -0.4 is 0 Å². The molecule has 0 atom stereocenters. The number of nitrogens with one attached hydrogen (secondary N) is 1. The van der Waals surface area contributed by atoms with Crippen LogP contribution in [0.2, 0.25) is 0 Å². The Balaban J connectivity index is 1.33. The van der Waals surface area contributed by atoms with Gasteiger partial charge in [-0.2, -0.15) is 5.10 Å². The highest BCUT2D eigenvalue weighted by atomic mass is 16.5. The van der Waals surface area contributed by atoms with Crippen LogP contribution in [0.3, 0.4) is 0 Å². The number of hydrogen-bond acceptors (Lipinski definition) is 5. The zero-order valence-corrected chi connectivity index (χ0v) is 18.2. The SMILES string of the molecule is COC1CCN(Cc2ccc(-c3cc(-c4c[nH]nc4-c4ccccn4)ccn3)cc2)CC1. The number of aromatic amines is 1. The molecule has 0 spiro atoms. The predicted octanol–water partition coefficient (Wildman–Crippen LogP) is 4.81. The second-order valence-electron chi connectivity index (χ2n) is 8.20. The summed E-state index contributed by atoms with van der Waals surface area (Å²) in [5, 5.41) is 7.41. The van der Waals surface area contributed by atoms with E-state index in [2.05, 4.69) is 55.4 Å². The van der Waals surface area contributed by atoms with Gasteiger partial charge in [-0.25, -0.2) is 0 Å². The van der Waals surface area contributed by atoms with Crippen molar-refractivity contribution in [1.29, 1.82) is 0 Å². The highest BCUT2D eigenvalue weighted by molar-refractivity contribution is 5.80. The van der Waals surface area contributed by atoms with E-state index in [0.29, 0.717) is 6.10 Å². The average molecular weight is 426 g/mol. The Labute approximate surface area is 188 Å². The van der Waals surface area contributed by atoms with E-state index in [9.17, 15) is 0 Å². The van der Waals surface area contributed by atoms with Gasteiger partial charge in [0.05, 0.1) is 17.5 Å². The molecule has 1 aliphatic rings. The van der Waals surface area contributed by atoms with Gasteiger partial charge in [0, 0.05) is 56.5 Å². The van der Waals surface area contributed by atoms with Crippen LogP contribution in [-0.2, 0) is 11.3 Å². The van der Waals surface area contributed by atoms with Crippen molar-refractivity contribution in [3.63, 3.8) is 0 Å². The van der Waals surface area contributed by atoms with Crippen LogP contribution in [0.4, 0.5) is 0 Å². The minimum Gasteiger partial charge on any atom is -0.381 e. The minimum absolute atomic E-state index is 0.417. The molecule has 6 nitrogen and oxygen atoms in total. The zero-order valence-electron chi connectivity index (χ0n) is 18.2. The molecule has 1 fully saturated rings. The highest BCUT2D eigenvalue weighted by Crippen LogP contribution is 2.31. The molecule has 1 N–H and O–H groups in total. The Morgan fingerprint density at radius 2 is 1.75 bits per heavy atom. The van der Waals surface area contributed by atoms with Gasteiger partial charge in [-0.05, 0) is 48.2 Å². The molecule has 1 aromatic carbocycles. The van der Waals surface area contributed by atoms with Gasteiger partial charge in [0.1, 0.15) is 5.69 Å². The summed E-state index contributed by atoms with van der Waals surface area (Å²) in [5.74, 6) is 0. The molecule has 0 unspecified atom stereocenters. The summed E-state index contributed by atoms with van der Waals surface area (Å²) in [4.78, 5) is 11.6. The smallest absolute Gasteiger partial charge is 0.118 e. The third-order valence-electron chi connectivity index (χ3n) is 6.14. The van der Waals surface area contributed by atoms with Crippen LogP contribution in [0.5, 0.6) is 0 Å². The van der Waals surface area contributed by atoms with Crippen molar-refractivity contribution in [3.8, 4) is 33.8 Å². The molecule has 1 saturated heterocycles. The molecule has 0 bridgehead atoms. The summed E-state index contributed by atoms with van der Waals surface area (Å²) in [6, 6.07) is 18.7. The fraction of sp³-hybridized carbons (Fsp3) is 0.269. The van der Waals surface area contributed by atoms with Crippen molar-refractivity contribution in [1.82, 2.24) is 25.1 Å². The largest absolute Gasteiger partial charge is 0.381 e. The summed E-state index contributed by atoms with van der Waals surface area (Å²) in [7, 11) is 1.81. The lowest BCUT2D eigenvalue weighted by Crippen LogP contribution is -2.36. The number of piperidine rings is 1. The maximum Gasteiger partial charge on any atom is 0.118 e. The van der Waals surface area contributed by atoms with Crippen LogP contribution in [0.15, 0.2) is 73.2 Å². The molecule has 4 heterocycles. The second-order valence-corrected chi connectivity index (χ2v) is 8.20. The van der Waals surface area contributed by atoms with Crippen LogP contribution in [0.1, 0.15) is 18.4 Å². The van der Waals surface area contributed by atoms with Crippen LogP contribution in [-0.4, -0.2) is 51.4 Å². The fourth-order valence-corrected chi connectivity index (χ4v) is 4.31. The lowest BCUT2D eigenvalue weighted by molar-refractivity contribution is 0.0389. The standard InChI is InChI=1S/C26H27N5O/c1-32-22-10-14-31(15-11-22)18-19-5-7-20(8-6-19)25-16-21(9-13-28-25)23-17-29-30-26(23)24-4-2-3-12-27-24/h2-9,12-13,16-17,22H,10-11,14-15,18H2,1H3,(H,29,30). The van der Waals surface area contributed by atoms with E-state index in [1.54, 1.807) is 6.20 Å². The van der Waals surface area contributed by atoms with Crippen molar-refractivity contribution in [2.24, 2.45) is 0 Å². The van der Waals surface area contributed by atoms with E-state index in [1.807, 2.05) is 43.8 Å². The quantitative estimate of drug-likeness (QED) is 0.480. The molecule has 1 aliphatic heterocycles. The third-order valence-corrected chi connectivity index (χ3v) is 6.14. The fourth-order valence-electron chi connectivity index (χ4n) is 4.31. The van der Waals surface area contributed by atoms with Crippen molar-refractivity contribution in [2.75, 3.05) is 20.2 Å². The first-order valence-corrected chi connectivity index (χ1v) is 11.1. The summed E-state index contributed by atoms with van der Waals surface area (Å²) in [6.07, 6.45) is 8.19. The zero-order chi connectivity index (χ0) is 21.8. The van der Waals surface area contributed by atoms with Crippen molar-refractivity contribution >= 4 is 0 Å². The molecule has 6 heteroatoms. The Kier molecular flexibility index (Phi) is 6.05. The second kappa shape index (κ2) is 9.42. The Morgan fingerprint density at radius 1 is 0.938 bits per heavy atom. The lowest BCUT2D eigenvalue weighted by atomic mass is 10.0. The first-order chi connectivity index (χ1) is 15.8. The molecule has 3 aromatic heterocycles. The molecule has 4 aromatic rings. The molecule has 32 heavy (non-hydrogen) atoms. The van der Waals surface area contributed by atoms with Gasteiger partial charge in [0.2, 0.25) is 0 Å². The summed E-state index contributed by atoms with van der Waals surface area (Å²) < 4.78 is 5.48. The maximum absolute atomic E-state index is 5.48. The van der Waals surface area contributed by atoms with E-state index in [1.165, 1.54) is 5.56 Å². The molecule has 0 amide bonds. The third kappa shape index (κ3) is 4.47. The van der Waals surface area contributed by atoms with Gasteiger partial charge >= 0.3 is 0 Å². The number of likely N-dealkylation sites (tertiary alicyclic amines) is 1. The lowest BCUT2D eigenvalue weighted by Gasteiger charge is -2.31. The average Bonchev–Trinajstić information content (AvgIpc) is 3.36.